The molecule has 3 aliphatic rings. The summed E-state index contributed by atoms with van der Waals surface area (Å²) in [7, 11) is 0. The number of esters is 1. The summed E-state index contributed by atoms with van der Waals surface area (Å²) in [6.45, 7) is 10.1. The Morgan fingerprint density at radius 3 is 2.76 bits per heavy atom. The second-order valence-electron chi connectivity index (χ2n) is 10.3. The zero-order chi connectivity index (χ0) is 27.4. The molecule has 0 saturated carbocycles. The monoisotopic (exact) mass is 560 g/mol. The van der Waals surface area contributed by atoms with Gasteiger partial charge in [0.15, 0.2) is 0 Å². The second kappa shape index (κ2) is 12.3. The van der Waals surface area contributed by atoms with Gasteiger partial charge in [-0.05, 0) is 57.1 Å². The van der Waals surface area contributed by atoms with E-state index in [2.05, 4.69) is 13.2 Å². The van der Waals surface area contributed by atoms with Gasteiger partial charge in [-0.25, -0.2) is 0 Å². The highest BCUT2D eigenvalue weighted by Crippen LogP contribution is 2.66. The first-order chi connectivity index (χ1) is 18.3. The van der Waals surface area contributed by atoms with Gasteiger partial charge in [-0.1, -0.05) is 35.9 Å². The maximum absolute atomic E-state index is 14.5. The van der Waals surface area contributed by atoms with Crippen molar-refractivity contribution >= 4 is 46.8 Å². The van der Waals surface area contributed by atoms with E-state index < -0.39 is 22.6 Å². The van der Waals surface area contributed by atoms with E-state index in [0.29, 0.717) is 30.2 Å². The Hall–Kier alpha value is -2.29. The van der Waals surface area contributed by atoms with Crippen molar-refractivity contribution in [1.29, 1.82) is 0 Å². The fraction of sp³-hybridized carbons (Fsp3) is 0.552. The van der Waals surface area contributed by atoms with E-state index in [4.69, 9.17) is 16.3 Å². The molecule has 206 valence electrons. The molecule has 2 unspecified atom stereocenters. The van der Waals surface area contributed by atoms with Crippen LogP contribution in [0.3, 0.4) is 0 Å². The predicted molar refractivity (Wildman–Crippen MR) is 151 cm³/mol. The number of carbonyl (C=O) groups is 3. The number of likely N-dealkylation sites (tertiary alicyclic amines) is 1. The van der Waals surface area contributed by atoms with Crippen molar-refractivity contribution in [2.24, 2.45) is 11.8 Å². The first-order valence-corrected chi connectivity index (χ1v) is 14.6. The lowest BCUT2D eigenvalue weighted by molar-refractivity contribution is -0.154. The molecular formula is C29H37ClN2O5S. The molecule has 2 bridgehead atoms. The molecule has 5 atom stereocenters. The number of para-hydroxylation sites is 1. The van der Waals surface area contributed by atoms with Crippen LogP contribution in [0.15, 0.2) is 43.5 Å². The Bertz CT molecular complexity index is 1080. The molecule has 1 aromatic carbocycles. The van der Waals surface area contributed by atoms with Gasteiger partial charge >= 0.3 is 5.97 Å². The first-order valence-electron chi connectivity index (χ1n) is 13.4. The maximum atomic E-state index is 14.5. The van der Waals surface area contributed by atoms with Gasteiger partial charge in [0.2, 0.25) is 5.91 Å². The average Bonchev–Trinajstić information content (AvgIpc) is 3.53. The molecule has 1 aromatic rings. The number of unbranched alkanes of at least 4 members (excludes halogenated alkanes) is 2. The number of rotatable bonds is 13. The molecule has 9 heteroatoms. The molecule has 3 heterocycles. The molecular weight excluding hydrogens is 524 g/mol. The largest absolute Gasteiger partial charge is 0.465 e. The standard InChI is InChI=1S/C29H37ClN2O5S/c1-4-6-7-8-18-37-28(36)22-21-13-14-29(38-21)23(22)26(34)32(16-10-17-33)25(29)27(35)31(15-5-2)24-19(3)11-9-12-20(24)30/h4-5,9,11-12,21-23,25,33H,1-2,6-8,10,13-18H2,3H3/t21-,22+,23+,25?,29?/m1/s1. The van der Waals surface area contributed by atoms with Crippen molar-refractivity contribution in [3.05, 3.63) is 54.1 Å². The first kappa shape index (κ1) is 28.7. The van der Waals surface area contributed by atoms with E-state index in [9.17, 15) is 19.5 Å². The summed E-state index contributed by atoms with van der Waals surface area (Å²) >= 11 is 8.18. The number of benzene rings is 1. The molecule has 7 nitrogen and oxygen atoms in total. The number of allylic oxidation sites excluding steroid dienone is 1. The fourth-order valence-corrected chi connectivity index (χ4v) is 8.90. The van der Waals surface area contributed by atoms with Crippen LogP contribution >= 0.6 is 23.4 Å². The van der Waals surface area contributed by atoms with E-state index >= 15 is 0 Å². The predicted octanol–water partition coefficient (Wildman–Crippen LogP) is 4.54. The maximum Gasteiger partial charge on any atom is 0.310 e. The molecule has 3 aliphatic heterocycles. The Morgan fingerprint density at radius 2 is 2.08 bits per heavy atom. The smallest absolute Gasteiger partial charge is 0.310 e. The number of aryl methyl sites for hydroxylation is 1. The van der Waals surface area contributed by atoms with Gasteiger partial charge in [0, 0.05) is 24.9 Å². The van der Waals surface area contributed by atoms with Crippen molar-refractivity contribution in [3.63, 3.8) is 0 Å². The lowest BCUT2D eigenvalue weighted by Crippen LogP contribution is -2.55. The number of nitrogens with zero attached hydrogens (tertiary/aromatic N) is 2. The van der Waals surface area contributed by atoms with Crippen LogP contribution in [0, 0.1) is 18.8 Å². The van der Waals surface area contributed by atoms with Gasteiger partial charge in [0.1, 0.15) is 6.04 Å². The third kappa shape index (κ3) is 5.03. The van der Waals surface area contributed by atoms with Crippen LogP contribution in [0.4, 0.5) is 5.69 Å². The van der Waals surface area contributed by atoms with Crippen LogP contribution in [-0.4, -0.2) is 70.1 Å². The summed E-state index contributed by atoms with van der Waals surface area (Å²) in [6.07, 6.45) is 7.73. The number of anilines is 1. The number of ether oxygens (including phenoxy) is 1. The van der Waals surface area contributed by atoms with Crippen LogP contribution in [-0.2, 0) is 19.1 Å². The minimum atomic E-state index is -0.775. The number of carbonyl (C=O) groups excluding carboxylic acids is 3. The molecule has 1 spiro atoms. The molecule has 0 aromatic heterocycles. The van der Waals surface area contributed by atoms with Gasteiger partial charge in [-0.2, -0.15) is 0 Å². The van der Waals surface area contributed by atoms with Crippen LogP contribution in [0.2, 0.25) is 5.02 Å². The fourth-order valence-electron chi connectivity index (χ4n) is 6.37. The lowest BCUT2D eigenvalue weighted by atomic mass is 9.71. The Kier molecular flexibility index (Phi) is 9.27. The molecule has 0 aliphatic carbocycles. The van der Waals surface area contributed by atoms with Crippen LogP contribution < -0.4 is 4.90 Å². The zero-order valence-corrected chi connectivity index (χ0v) is 23.5. The third-order valence-corrected chi connectivity index (χ3v) is 10.2. The Labute approximate surface area is 234 Å². The number of hydrogen-bond acceptors (Lipinski definition) is 6. The summed E-state index contributed by atoms with van der Waals surface area (Å²) in [5, 5.41) is 9.95. The molecule has 3 fully saturated rings. The highest BCUT2D eigenvalue weighted by atomic mass is 35.5. The molecule has 3 saturated heterocycles. The quantitative estimate of drug-likeness (QED) is 0.216. The summed E-state index contributed by atoms with van der Waals surface area (Å²) in [5.74, 6) is -1.99. The van der Waals surface area contributed by atoms with Crippen molar-refractivity contribution in [2.45, 2.75) is 61.5 Å². The number of amides is 2. The summed E-state index contributed by atoms with van der Waals surface area (Å²) in [5.41, 5.74) is 1.44. The van der Waals surface area contributed by atoms with E-state index in [-0.39, 0.29) is 42.7 Å². The minimum absolute atomic E-state index is 0.0604. The molecule has 38 heavy (non-hydrogen) atoms. The van der Waals surface area contributed by atoms with Crippen molar-refractivity contribution in [2.75, 3.05) is 31.2 Å². The topological polar surface area (TPSA) is 87.1 Å². The summed E-state index contributed by atoms with van der Waals surface area (Å²) in [4.78, 5) is 44.9. The Balaban J connectivity index is 1.68. The lowest BCUT2D eigenvalue weighted by Gasteiger charge is -2.37. The van der Waals surface area contributed by atoms with Gasteiger partial charge in [0.05, 0.1) is 33.9 Å². The van der Waals surface area contributed by atoms with Gasteiger partial charge < -0.3 is 19.6 Å². The number of aliphatic hydroxyl groups excluding tert-OH is 1. The van der Waals surface area contributed by atoms with Gasteiger partial charge in [-0.3, -0.25) is 14.4 Å². The van der Waals surface area contributed by atoms with Gasteiger partial charge in [0.25, 0.3) is 5.91 Å². The van der Waals surface area contributed by atoms with E-state index in [1.807, 2.05) is 25.1 Å². The van der Waals surface area contributed by atoms with E-state index in [1.165, 1.54) is 0 Å². The van der Waals surface area contributed by atoms with Crippen LogP contribution in [0.5, 0.6) is 0 Å². The number of hydrogen-bond donors (Lipinski definition) is 1. The third-order valence-electron chi connectivity index (χ3n) is 7.95. The molecule has 0 radical (unpaired) electrons. The number of fused-ring (bicyclic) bond motifs is 1. The average molecular weight is 561 g/mol. The molecule has 2 amide bonds. The Morgan fingerprint density at radius 1 is 1.29 bits per heavy atom. The van der Waals surface area contributed by atoms with Crippen molar-refractivity contribution < 1.29 is 24.2 Å². The van der Waals surface area contributed by atoms with E-state index in [1.54, 1.807) is 33.7 Å². The molecule has 1 N–H and O–H groups in total. The number of aliphatic hydroxyl groups is 1. The highest BCUT2D eigenvalue weighted by molar-refractivity contribution is 8.02. The highest BCUT2D eigenvalue weighted by Gasteiger charge is 2.74. The summed E-state index contributed by atoms with van der Waals surface area (Å²) < 4.78 is 4.93. The van der Waals surface area contributed by atoms with E-state index in [0.717, 1.165) is 31.2 Å². The zero-order valence-electron chi connectivity index (χ0n) is 21.9. The normalized spacial score (nSPS) is 27.3. The van der Waals surface area contributed by atoms with Crippen LogP contribution in [0.25, 0.3) is 0 Å². The molecule has 4 rings (SSSR count). The summed E-state index contributed by atoms with van der Waals surface area (Å²) in [6, 6.07) is 4.70. The van der Waals surface area contributed by atoms with Crippen LogP contribution in [0.1, 0.15) is 44.1 Å². The second-order valence-corrected chi connectivity index (χ2v) is 12.3. The SMILES string of the molecule is C=CCCCCOC(=O)[C@@H]1[C@H]2C(=O)N(CCCO)C(C(=O)N(CC=C)c3c(C)cccc3Cl)C23CC[C@H]1S3. The number of thioether (sulfide) groups is 1. The minimum Gasteiger partial charge on any atom is -0.465 e. The van der Waals surface area contributed by atoms with Crippen molar-refractivity contribution in [1.82, 2.24) is 4.90 Å². The van der Waals surface area contributed by atoms with Crippen molar-refractivity contribution in [3.8, 4) is 0 Å². The number of halogens is 1. The van der Waals surface area contributed by atoms with Gasteiger partial charge in [-0.15, -0.1) is 24.9 Å².